The van der Waals surface area contributed by atoms with Gasteiger partial charge in [0, 0.05) is 42.7 Å². The van der Waals surface area contributed by atoms with Crippen molar-refractivity contribution in [2.75, 3.05) is 13.1 Å². The second-order valence-electron chi connectivity index (χ2n) is 6.62. The molecule has 4 nitrogen and oxygen atoms in total. The molecule has 3 rings (SSSR count). The monoisotopic (exact) mass is 314 g/mol. The van der Waals surface area contributed by atoms with Gasteiger partial charge in [0.1, 0.15) is 0 Å². The predicted octanol–water partition coefficient (Wildman–Crippen LogP) is 2.82. The van der Waals surface area contributed by atoms with Crippen LogP contribution in [0.2, 0.25) is 0 Å². The van der Waals surface area contributed by atoms with E-state index in [0.29, 0.717) is 13.0 Å². The highest BCUT2D eigenvalue weighted by molar-refractivity contribution is 5.89. The second-order valence-corrected chi connectivity index (χ2v) is 6.62. The number of benzene rings is 1. The molecule has 0 radical (unpaired) electrons. The fourth-order valence-corrected chi connectivity index (χ4v) is 3.63. The molecule has 1 fully saturated rings. The number of rotatable bonds is 4. The van der Waals surface area contributed by atoms with E-state index in [1.165, 1.54) is 10.9 Å². The molecule has 2 aromatic rings. The third kappa shape index (κ3) is 3.27. The summed E-state index contributed by atoms with van der Waals surface area (Å²) in [6.45, 7) is 6.35. The van der Waals surface area contributed by atoms with Crippen LogP contribution in [0.5, 0.6) is 0 Å². The maximum Gasteiger partial charge on any atom is 0.227 e. The molecule has 1 N–H and O–H groups in total. The summed E-state index contributed by atoms with van der Waals surface area (Å²) < 4.78 is 2.20. The van der Waals surface area contributed by atoms with Crippen molar-refractivity contribution in [1.82, 2.24) is 9.47 Å². The summed E-state index contributed by atoms with van der Waals surface area (Å²) in [4.78, 5) is 14.6. The zero-order valence-corrected chi connectivity index (χ0v) is 14.0. The van der Waals surface area contributed by atoms with Crippen LogP contribution in [0.3, 0.4) is 0 Å². The molecule has 2 atom stereocenters. The Hall–Kier alpha value is -1.81. The zero-order valence-electron chi connectivity index (χ0n) is 14.0. The Labute approximate surface area is 137 Å². The second kappa shape index (κ2) is 6.75. The number of aryl methyl sites for hydroxylation is 1. The first-order valence-corrected chi connectivity index (χ1v) is 8.62. The molecule has 23 heavy (non-hydrogen) atoms. The molecule has 0 spiro atoms. The molecule has 4 heteroatoms. The van der Waals surface area contributed by atoms with E-state index in [2.05, 4.69) is 29.8 Å². The standard InChI is InChI=1S/C19H26N2O2/c1-3-20-13-16(17-8-4-5-9-18(17)20)11-19(23)21-10-6-7-15(12-21)14(2)22/h4-5,8-9,13-15,22H,3,6-7,10-12H2,1-2H3/t14-,15-/m1/s1. The van der Waals surface area contributed by atoms with E-state index in [1.54, 1.807) is 0 Å². The van der Waals surface area contributed by atoms with Crippen LogP contribution < -0.4 is 0 Å². The molecule has 0 bridgehead atoms. The van der Waals surface area contributed by atoms with E-state index < -0.39 is 0 Å². The molecule has 1 aliphatic rings. The SMILES string of the molecule is CCn1cc(CC(=O)N2CCC[C@@H]([C@@H](C)O)C2)c2ccccc21. The Morgan fingerprint density at radius 3 is 2.91 bits per heavy atom. The van der Waals surface area contributed by atoms with Gasteiger partial charge in [-0.3, -0.25) is 4.79 Å². The Morgan fingerprint density at radius 1 is 1.39 bits per heavy atom. The Balaban J connectivity index is 1.78. The van der Waals surface area contributed by atoms with Crippen molar-refractivity contribution in [3.63, 3.8) is 0 Å². The van der Waals surface area contributed by atoms with Gasteiger partial charge in [-0.05, 0) is 38.3 Å². The summed E-state index contributed by atoms with van der Waals surface area (Å²) in [7, 11) is 0. The van der Waals surface area contributed by atoms with Crippen molar-refractivity contribution in [2.45, 2.75) is 45.8 Å². The molecule has 1 aliphatic heterocycles. The first-order valence-electron chi connectivity index (χ1n) is 8.62. The number of amides is 1. The third-order valence-electron chi connectivity index (χ3n) is 5.05. The van der Waals surface area contributed by atoms with Gasteiger partial charge in [-0.2, -0.15) is 0 Å². The lowest BCUT2D eigenvalue weighted by atomic mass is 9.93. The quantitative estimate of drug-likeness (QED) is 0.943. The summed E-state index contributed by atoms with van der Waals surface area (Å²) in [6, 6.07) is 8.27. The summed E-state index contributed by atoms with van der Waals surface area (Å²) in [5.74, 6) is 0.388. The first kappa shape index (κ1) is 16.1. The van der Waals surface area contributed by atoms with Crippen LogP contribution in [-0.4, -0.2) is 39.7 Å². The third-order valence-corrected chi connectivity index (χ3v) is 5.05. The molecular weight excluding hydrogens is 288 g/mol. The number of likely N-dealkylation sites (tertiary alicyclic amines) is 1. The predicted molar refractivity (Wildman–Crippen MR) is 92.3 cm³/mol. The number of aliphatic hydroxyl groups excluding tert-OH is 1. The van der Waals surface area contributed by atoms with Crippen LogP contribution in [0, 0.1) is 5.92 Å². The summed E-state index contributed by atoms with van der Waals surface area (Å²) in [5.41, 5.74) is 2.30. The van der Waals surface area contributed by atoms with Gasteiger partial charge < -0.3 is 14.6 Å². The molecule has 124 valence electrons. The summed E-state index contributed by atoms with van der Waals surface area (Å²) in [6.07, 6.45) is 4.21. The van der Waals surface area contributed by atoms with Gasteiger partial charge >= 0.3 is 0 Å². The average Bonchev–Trinajstić information content (AvgIpc) is 2.93. The van der Waals surface area contributed by atoms with E-state index in [1.807, 2.05) is 24.0 Å². The number of aromatic nitrogens is 1. The number of nitrogens with zero attached hydrogens (tertiary/aromatic N) is 2. The lowest BCUT2D eigenvalue weighted by Gasteiger charge is -2.34. The smallest absolute Gasteiger partial charge is 0.227 e. The van der Waals surface area contributed by atoms with Crippen molar-refractivity contribution in [3.8, 4) is 0 Å². The van der Waals surface area contributed by atoms with Crippen LogP contribution >= 0.6 is 0 Å². The summed E-state index contributed by atoms with van der Waals surface area (Å²) >= 11 is 0. The van der Waals surface area contributed by atoms with Crippen molar-refractivity contribution in [3.05, 3.63) is 36.0 Å². The van der Waals surface area contributed by atoms with Gasteiger partial charge in [0.25, 0.3) is 0 Å². The average molecular weight is 314 g/mol. The highest BCUT2D eigenvalue weighted by Gasteiger charge is 2.26. The lowest BCUT2D eigenvalue weighted by molar-refractivity contribution is -0.133. The van der Waals surface area contributed by atoms with Crippen LogP contribution in [0.15, 0.2) is 30.5 Å². The Kier molecular flexibility index (Phi) is 4.71. The van der Waals surface area contributed by atoms with Gasteiger partial charge in [-0.15, -0.1) is 0 Å². The van der Waals surface area contributed by atoms with Crippen LogP contribution in [-0.2, 0) is 17.8 Å². The first-order chi connectivity index (χ1) is 11.1. The minimum absolute atomic E-state index is 0.175. The molecular formula is C19H26N2O2. The summed E-state index contributed by atoms with van der Waals surface area (Å²) in [5, 5.41) is 11.0. The van der Waals surface area contributed by atoms with E-state index in [0.717, 1.165) is 31.5 Å². The zero-order chi connectivity index (χ0) is 16.4. The number of hydrogen-bond donors (Lipinski definition) is 1. The number of carbonyl (C=O) groups excluding carboxylic acids is 1. The molecule has 2 heterocycles. The Bertz CT molecular complexity index is 690. The molecule has 0 saturated carbocycles. The number of hydrogen-bond acceptors (Lipinski definition) is 2. The van der Waals surface area contributed by atoms with Crippen LogP contribution in [0.25, 0.3) is 10.9 Å². The maximum atomic E-state index is 12.7. The van der Waals surface area contributed by atoms with E-state index in [4.69, 9.17) is 0 Å². The lowest BCUT2D eigenvalue weighted by Crippen LogP contribution is -2.43. The van der Waals surface area contributed by atoms with E-state index in [9.17, 15) is 9.90 Å². The number of fused-ring (bicyclic) bond motifs is 1. The molecule has 1 aromatic carbocycles. The van der Waals surface area contributed by atoms with Crippen molar-refractivity contribution in [2.24, 2.45) is 5.92 Å². The molecule has 0 aliphatic carbocycles. The van der Waals surface area contributed by atoms with Crippen molar-refractivity contribution < 1.29 is 9.90 Å². The maximum absolute atomic E-state index is 12.7. The van der Waals surface area contributed by atoms with Crippen molar-refractivity contribution in [1.29, 1.82) is 0 Å². The molecule has 0 unspecified atom stereocenters. The van der Waals surface area contributed by atoms with Gasteiger partial charge in [0.15, 0.2) is 0 Å². The fourth-order valence-electron chi connectivity index (χ4n) is 3.63. The molecule has 1 saturated heterocycles. The van der Waals surface area contributed by atoms with Gasteiger partial charge in [-0.25, -0.2) is 0 Å². The number of piperidine rings is 1. The minimum atomic E-state index is -0.340. The molecule has 1 aromatic heterocycles. The number of carbonyl (C=O) groups is 1. The molecule has 1 amide bonds. The van der Waals surface area contributed by atoms with Gasteiger partial charge in [0.05, 0.1) is 12.5 Å². The van der Waals surface area contributed by atoms with Crippen LogP contribution in [0.4, 0.5) is 0 Å². The fraction of sp³-hybridized carbons (Fsp3) is 0.526. The Morgan fingerprint density at radius 2 is 2.17 bits per heavy atom. The number of para-hydroxylation sites is 1. The van der Waals surface area contributed by atoms with E-state index in [-0.39, 0.29) is 17.9 Å². The topological polar surface area (TPSA) is 45.5 Å². The van der Waals surface area contributed by atoms with Gasteiger partial charge in [-0.1, -0.05) is 18.2 Å². The largest absolute Gasteiger partial charge is 0.393 e. The van der Waals surface area contributed by atoms with Crippen LogP contribution in [0.1, 0.15) is 32.3 Å². The highest BCUT2D eigenvalue weighted by atomic mass is 16.3. The van der Waals surface area contributed by atoms with E-state index >= 15 is 0 Å². The highest BCUT2D eigenvalue weighted by Crippen LogP contribution is 2.24. The number of aliphatic hydroxyl groups is 1. The van der Waals surface area contributed by atoms with Crippen molar-refractivity contribution >= 4 is 16.8 Å². The van der Waals surface area contributed by atoms with Gasteiger partial charge in [0.2, 0.25) is 5.91 Å². The minimum Gasteiger partial charge on any atom is -0.393 e. The normalized spacial score (nSPS) is 20.0.